The van der Waals surface area contributed by atoms with Gasteiger partial charge in [0.25, 0.3) is 0 Å². The van der Waals surface area contributed by atoms with Gasteiger partial charge in [-0.15, -0.1) is 10.2 Å². The smallest absolute Gasteiger partial charge is 0.233 e. The first-order chi connectivity index (χ1) is 8.33. The van der Waals surface area contributed by atoms with E-state index in [4.69, 9.17) is 15.0 Å². The second kappa shape index (κ2) is 5.35. The molecule has 0 aliphatic carbocycles. The van der Waals surface area contributed by atoms with Crippen molar-refractivity contribution in [2.75, 3.05) is 13.7 Å². The van der Waals surface area contributed by atoms with Crippen molar-refractivity contribution in [1.82, 2.24) is 20.3 Å². The van der Waals surface area contributed by atoms with Crippen molar-refractivity contribution in [3.8, 4) is 17.4 Å². The fourth-order valence-electron chi connectivity index (χ4n) is 1.26. The maximum atomic E-state index is 5.40. The third-order valence-electron chi connectivity index (χ3n) is 2.14. The maximum absolute atomic E-state index is 5.40. The van der Waals surface area contributed by atoms with Gasteiger partial charge < -0.3 is 15.0 Å². The summed E-state index contributed by atoms with van der Waals surface area (Å²) in [4.78, 5) is 4.20. The van der Waals surface area contributed by atoms with Crippen molar-refractivity contribution in [3.63, 3.8) is 0 Å². The molecule has 2 aromatic heterocycles. The van der Waals surface area contributed by atoms with Crippen LogP contribution in [0.3, 0.4) is 0 Å². The van der Waals surface area contributed by atoms with E-state index in [9.17, 15) is 0 Å². The van der Waals surface area contributed by atoms with Gasteiger partial charge in [0, 0.05) is 12.5 Å². The fraction of sp³-hybridized carbons (Fsp3) is 0.400. The summed E-state index contributed by atoms with van der Waals surface area (Å²) in [5.41, 5.74) is 5.95. The molecule has 2 aromatic rings. The lowest BCUT2D eigenvalue weighted by atomic mass is 10.3. The van der Waals surface area contributed by atoms with E-state index in [1.807, 2.05) is 0 Å². The van der Waals surface area contributed by atoms with Gasteiger partial charge in [0.05, 0.1) is 7.11 Å². The summed E-state index contributed by atoms with van der Waals surface area (Å²) in [5.74, 6) is 1.43. The van der Waals surface area contributed by atoms with Crippen LogP contribution in [0.25, 0.3) is 11.5 Å². The summed E-state index contributed by atoms with van der Waals surface area (Å²) >= 11 is 0. The van der Waals surface area contributed by atoms with Crippen LogP contribution in [-0.4, -0.2) is 34.0 Å². The minimum atomic E-state index is 0.423. The molecular formula is C10H13N5O2. The van der Waals surface area contributed by atoms with Gasteiger partial charge in [-0.25, -0.2) is 0 Å². The summed E-state index contributed by atoms with van der Waals surface area (Å²) in [6, 6.07) is 3.42. The number of nitrogens with zero attached hydrogens (tertiary/aromatic N) is 4. The van der Waals surface area contributed by atoms with Crippen molar-refractivity contribution in [2.45, 2.75) is 12.8 Å². The van der Waals surface area contributed by atoms with Gasteiger partial charge in [-0.3, -0.25) is 0 Å². The van der Waals surface area contributed by atoms with Gasteiger partial charge in [-0.05, 0) is 19.0 Å². The van der Waals surface area contributed by atoms with Crippen molar-refractivity contribution < 1.29 is 9.26 Å². The SMILES string of the molecule is COc1ccc(-c2noc(CCCN)n2)nn1. The summed E-state index contributed by atoms with van der Waals surface area (Å²) < 4.78 is 9.97. The van der Waals surface area contributed by atoms with Gasteiger partial charge in [0.2, 0.25) is 17.6 Å². The zero-order chi connectivity index (χ0) is 12.1. The molecule has 2 rings (SSSR count). The van der Waals surface area contributed by atoms with E-state index in [1.165, 1.54) is 7.11 Å². The molecule has 17 heavy (non-hydrogen) atoms. The highest BCUT2D eigenvalue weighted by Gasteiger charge is 2.10. The molecule has 7 nitrogen and oxygen atoms in total. The Morgan fingerprint density at radius 1 is 1.35 bits per heavy atom. The topological polar surface area (TPSA) is 100.0 Å². The van der Waals surface area contributed by atoms with E-state index < -0.39 is 0 Å². The molecule has 0 unspecified atom stereocenters. The Bertz CT molecular complexity index is 468. The third kappa shape index (κ3) is 2.76. The molecule has 0 radical (unpaired) electrons. The van der Waals surface area contributed by atoms with Crippen LogP contribution < -0.4 is 10.5 Å². The Hall–Kier alpha value is -2.02. The monoisotopic (exact) mass is 235 g/mol. The van der Waals surface area contributed by atoms with Gasteiger partial charge in [0.15, 0.2) is 0 Å². The average molecular weight is 235 g/mol. The van der Waals surface area contributed by atoms with Crippen LogP contribution in [0.5, 0.6) is 5.88 Å². The molecule has 2 heterocycles. The van der Waals surface area contributed by atoms with Crippen LogP contribution in [0.4, 0.5) is 0 Å². The highest BCUT2D eigenvalue weighted by molar-refractivity contribution is 5.47. The number of aromatic nitrogens is 4. The van der Waals surface area contributed by atoms with Crippen LogP contribution in [-0.2, 0) is 6.42 Å². The molecule has 0 aliphatic heterocycles. The maximum Gasteiger partial charge on any atom is 0.233 e. The molecule has 0 amide bonds. The Morgan fingerprint density at radius 2 is 2.24 bits per heavy atom. The molecule has 0 saturated heterocycles. The Kier molecular flexibility index (Phi) is 3.61. The Morgan fingerprint density at radius 3 is 2.88 bits per heavy atom. The summed E-state index contributed by atoms with van der Waals surface area (Å²) in [5, 5.41) is 11.6. The molecule has 0 spiro atoms. The van der Waals surface area contributed by atoms with Crippen LogP contribution in [0.15, 0.2) is 16.7 Å². The first kappa shape index (κ1) is 11.5. The normalized spacial score (nSPS) is 10.5. The lowest BCUT2D eigenvalue weighted by molar-refractivity contribution is 0.376. The number of hydrogen-bond donors (Lipinski definition) is 1. The van der Waals surface area contributed by atoms with Crippen LogP contribution in [0, 0.1) is 0 Å². The molecule has 90 valence electrons. The highest BCUT2D eigenvalue weighted by atomic mass is 16.5. The molecule has 0 atom stereocenters. The van der Waals surface area contributed by atoms with Gasteiger partial charge in [0.1, 0.15) is 5.69 Å². The lowest BCUT2D eigenvalue weighted by Gasteiger charge is -1.96. The molecule has 2 N–H and O–H groups in total. The first-order valence-corrected chi connectivity index (χ1v) is 5.24. The molecular weight excluding hydrogens is 222 g/mol. The van der Waals surface area contributed by atoms with Gasteiger partial charge in [-0.1, -0.05) is 5.16 Å². The second-order valence-electron chi connectivity index (χ2n) is 3.36. The molecule has 0 fully saturated rings. The van der Waals surface area contributed by atoms with E-state index in [0.29, 0.717) is 36.3 Å². The van der Waals surface area contributed by atoms with Crippen molar-refractivity contribution >= 4 is 0 Å². The molecule has 0 aromatic carbocycles. The van der Waals surface area contributed by atoms with Crippen molar-refractivity contribution in [3.05, 3.63) is 18.0 Å². The second-order valence-corrected chi connectivity index (χ2v) is 3.36. The minimum absolute atomic E-state index is 0.423. The van der Waals surface area contributed by atoms with E-state index in [1.54, 1.807) is 12.1 Å². The number of methoxy groups -OCH3 is 1. The average Bonchev–Trinajstić information content (AvgIpc) is 2.85. The van der Waals surface area contributed by atoms with Crippen LogP contribution in [0.1, 0.15) is 12.3 Å². The summed E-state index contributed by atoms with van der Waals surface area (Å²) in [7, 11) is 1.53. The third-order valence-corrected chi connectivity index (χ3v) is 2.14. The Labute approximate surface area is 98.0 Å². The first-order valence-electron chi connectivity index (χ1n) is 5.24. The van der Waals surface area contributed by atoms with E-state index in [-0.39, 0.29) is 0 Å². The predicted octanol–water partition coefficient (Wildman–Crippen LogP) is 0.426. The summed E-state index contributed by atoms with van der Waals surface area (Å²) in [6.45, 7) is 0.597. The molecule has 0 saturated carbocycles. The fourth-order valence-corrected chi connectivity index (χ4v) is 1.26. The minimum Gasteiger partial charge on any atom is -0.480 e. The number of hydrogen-bond acceptors (Lipinski definition) is 7. The Balaban J connectivity index is 2.12. The predicted molar refractivity (Wildman–Crippen MR) is 59.3 cm³/mol. The van der Waals surface area contributed by atoms with E-state index in [2.05, 4.69) is 20.3 Å². The molecule has 0 bridgehead atoms. The number of nitrogens with two attached hydrogens (primary N) is 1. The van der Waals surface area contributed by atoms with Gasteiger partial charge in [-0.2, -0.15) is 4.98 Å². The van der Waals surface area contributed by atoms with Gasteiger partial charge >= 0.3 is 0 Å². The van der Waals surface area contributed by atoms with Crippen molar-refractivity contribution in [1.29, 1.82) is 0 Å². The van der Waals surface area contributed by atoms with E-state index >= 15 is 0 Å². The molecule has 0 aliphatic rings. The number of rotatable bonds is 5. The van der Waals surface area contributed by atoms with Crippen molar-refractivity contribution in [2.24, 2.45) is 5.73 Å². The lowest BCUT2D eigenvalue weighted by Crippen LogP contribution is -2.00. The van der Waals surface area contributed by atoms with Crippen LogP contribution in [0.2, 0.25) is 0 Å². The number of ether oxygens (including phenoxy) is 1. The zero-order valence-electron chi connectivity index (χ0n) is 9.46. The number of aryl methyl sites for hydroxylation is 1. The summed E-state index contributed by atoms with van der Waals surface area (Å²) in [6.07, 6.45) is 1.49. The highest BCUT2D eigenvalue weighted by Crippen LogP contribution is 2.14. The zero-order valence-corrected chi connectivity index (χ0v) is 9.46. The largest absolute Gasteiger partial charge is 0.480 e. The standard InChI is InChI=1S/C10H13N5O2/c1-16-9-5-4-7(13-14-9)10-12-8(17-15-10)3-2-6-11/h4-5H,2-3,6,11H2,1H3. The van der Waals surface area contributed by atoms with E-state index in [0.717, 1.165) is 6.42 Å². The molecule has 7 heteroatoms. The van der Waals surface area contributed by atoms with Crippen LogP contribution >= 0.6 is 0 Å². The quantitative estimate of drug-likeness (QED) is 0.801.